The number of nitro benzene ring substituents is 1. The minimum absolute atomic E-state index is 0.0131. The van der Waals surface area contributed by atoms with E-state index in [1.165, 1.54) is 12.1 Å². The highest BCUT2D eigenvalue weighted by molar-refractivity contribution is 6.06. The van der Waals surface area contributed by atoms with Crippen molar-refractivity contribution in [3.63, 3.8) is 0 Å². The van der Waals surface area contributed by atoms with E-state index < -0.39 is 4.92 Å². The van der Waals surface area contributed by atoms with Crippen LogP contribution in [-0.4, -0.2) is 24.8 Å². The van der Waals surface area contributed by atoms with Crippen LogP contribution in [0.2, 0.25) is 0 Å². The smallest absolute Gasteiger partial charge is 0.293 e. The standard InChI is InChI=1S/C21H24N2O3/c1-21(2,3)17-10-8-16(9-11-17)20(24)13-7-15-6-12-18(22(4)5)19(14-15)23(25)26/h6-14H,1-5H3/b13-7+. The van der Waals surface area contributed by atoms with E-state index in [1.807, 2.05) is 24.3 Å². The quantitative estimate of drug-likeness (QED) is 0.334. The zero-order valence-corrected chi connectivity index (χ0v) is 15.8. The highest BCUT2D eigenvalue weighted by atomic mass is 16.6. The summed E-state index contributed by atoms with van der Waals surface area (Å²) in [5.41, 5.74) is 2.93. The van der Waals surface area contributed by atoms with Crippen LogP contribution in [0.15, 0.2) is 48.5 Å². The molecule has 0 N–H and O–H groups in total. The molecule has 0 heterocycles. The molecule has 0 unspecified atom stereocenters. The third kappa shape index (κ3) is 4.57. The Labute approximate surface area is 154 Å². The summed E-state index contributed by atoms with van der Waals surface area (Å²) >= 11 is 0. The second-order valence-electron chi connectivity index (χ2n) is 7.42. The summed E-state index contributed by atoms with van der Waals surface area (Å²) in [5.74, 6) is -0.134. The van der Waals surface area contributed by atoms with E-state index in [0.29, 0.717) is 16.8 Å². The molecular formula is C21H24N2O3. The Morgan fingerprint density at radius 3 is 2.19 bits per heavy atom. The Bertz CT molecular complexity index is 845. The van der Waals surface area contributed by atoms with Crippen molar-refractivity contribution in [2.45, 2.75) is 26.2 Å². The monoisotopic (exact) mass is 352 g/mol. The molecule has 2 aromatic carbocycles. The summed E-state index contributed by atoms with van der Waals surface area (Å²) in [7, 11) is 3.51. The van der Waals surface area contributed by atoms with Gasteiger partial charge in [0, 0.05) is 25.7 Å². The first-order valence-electron chi connectivity index (χ1n) is 8.38. The van der Waals surface area contributed by atoms with Gasteiger partial charge in [0.1, 0.15) is 5.69 Å². The summed E-state index contributed by atoms with van der Waals surface area (Å²) in [6, 6.07) is 12.4. The predicted octanol–water partition coefficient (Wildman–Crippen LogP) is 4.85. The second-order valence-corrected chi connectivity index (χ2v) is 7.42. The average Bonchev–Trinajstić information content (AvgIpc) is 2.58. The van der Waals surface area contributed by atoms with Crippen molar-refractivity contribution < 1.29 is 9.72 Å². The molecule has 0 atom stereocenters. The number of ketones is 1. The minimum Gasteiger partial charge on any atom is -0.372 e. The van der Waals surface area contributed by atoms with E-state index in [0.717, 1.165) is 5.56 Å². The van der Waals surface area contributed by atoms with Gasteiger partial charge in [0.25, 0.3) is 5.69 Å². The Hall–Kier alpha value is -2.95. The molecule has 0 radical (unpaired) electrons. The van der Waals surface area contributed by atoms with Crippen LogP contribution in [0, 0.1) is 10.1 Å². The van der Waals surface area contributed by atoms with Crippen LogP contribution in [0.25, 0.3) is 6.08 Å². The minimum atomic E-state index is -0.417. The number of carbonyl (C=O) groups is 1. The molecule has 0 aliphatic rings. The Balaban J connectivity index is 2.22. The number of anilines is 1. The summed E-state index contributed by atoms with van der Waals surface area (Å²) in [5, 5.41) is 11.2. The van der Waals surface area contributed by atoms with Gasteiger partial charge in [-0.3, -0.25) is 14.9 Å². The molecule has 0 amide bonds. The van der Waals surface area contributed by atoms with Gasteiger partial charge in [-0.25, -0.2) is 0 Å². The maximum absolute atomic E-state index is 12.3. The van der Waals surface area contributed by atoms with Crippen LogP contribution < -0.4 is 4.90 Å². The van der Waals surface area contributed by atoms with Crippen LogP contribution in [0.3, 0.4) is 0 Å². The maximum Gasteiger partial charge on any atom is 0.293 e. The molecule has 0 saturated carbocycles. The van der Waals surface area contributed by atoms with Gasteiger partial charge in [0.2, 0.25) is 0 Å². The van der Waals surface area contributed by atoms with Gasteiger partial charge in [-0.2, -0.15) is 0 Å². The van der Waals surface area contributed by atoms with Gasteiger partial charge in [-0.05, 0) is 28.7 Å². The summed E-state index contributed by atoms with van der Waals surface area (Å²) < 4.78 is 0. The zero-order valence-electron chi connectivity index (χ0n) is 15.8. The lowest BCUT2D eigenvalue weighted by atomic mass is 9.86. The van der Waals surface area contributed by atoms with Gasteiger partial charge in [-0.1, -0.05) is 57.2 Å². The molecular weight excluding hydrogens is 328 g/mol. The summed E-state index contributed by atoms with van der Waals surface area (Å²) in [6.45, 7) is 6.36. The lowest BCUT2D eigenvalue weighted by Gasteiger charge is -2.18. The van der Waals surface area contributed by atoms with E-state index in [-0.39, 0.29) is 16.9 Å². The third-order valence-corrected chi connectivity index (χ3v) is 4.14. The van der Waals surface area contributed by atoms with Crippen LogP contribution >= 0.6 is 0 Å². The average molecular weight is 352 g/mol. The molecule has 5 nitrogen and oxygen atoms in total. The molecule has 0 aromatic heterocycles. The van der Waals surface area contributed by atoms with Crippen molar-refractivity contribution in [3.8, 4) is 0 Å². The fraction of sp³-hybridized carbons (Fsp3) is 0.286. The Kier molecular flexibility index (Phi) is 5.60. The van der Waals surface area contributed by atoms with Crippen molar-refractivity contribution in [1.82, 2.24) is 0 Å². The molecule has 5 heteroatoms. The molecule has 0 fully saturated rings. The highest BCUT2D eigenvalue weighted by Crippen LogP contribution is 2.28. The lowest BCUT2D eigenvalue weighted by Crippen LogP contribution is -2.11. The molecule has 136 valence electrons. The van der Waals surface area contributed by atoms with E-state index in [1.54, 1.807) is 37.2 Å². The third-order valence-electron chi connectivity index (χ3n) is 4.14. The van der Waals surface area contributed by atoms with Crippen molar-refractivity contribution in [3.05, 3.63) is 75.3 Å². The second kappa shape index (κ2) is 7.52. The van der Waals surface area contributed by atoms with Gasteiger partial charge in [0.15, 0.2) is 5.78 Å². The molecule has 0 saturated heterocycles. The van der Waals surface area contributed by atoms with E-state index in [9.17, 15) is 14.9 Å². The van der Waals surface area contributed by atoms with Crippen LogP contribution in [0.1, 0.15) is 42.3 Å². The number of allylic oxidation sites excluding steroid dienone is 1. The number of carbonyl (C=O) groups excluding carboxylic acids is 1. The van der Waals surface area contributed by atoms with Crippen molar-refractivity contribution >= 4 is 23.2 Å². The molecule has 26 heavy (non-hydrogen) atoms. The first-order valence-corrected chi connectivity index (χ1v) is 8.38. The molecule has 0 aliphatic heterocycles. The Morgan fingerprint density at radius 1 is 1.08 bits per heavy atom. The van der Waals surface area contributed by atoms with Crippen LogP contribution in [0.5, 0.6) is 0 Å². The number of benzene rings is 2. The molecule has 0 spiro atoms. The normalized spacial score (nSPS) is 11.6. The topological polar surface area (TPSA) is 63.5 Å². The first kappa shape index (κ1) is 19.4. The van der Waals surface area contributed by atoms with Crippen molar-refractivity contribution in [2.24, 2.45) is 0 Å². The fourth-order valence-electron chi connectivity index (χ4n) is 2.57. The van der Waals surface area contributed by atoms with Crippen LogP contribution in [0.4, 0.5) is 11.4 Å². The lowest BCUT2D eigenvalue weighted by molar-refractivity contribution is -0.384. The van der Waals surface area contributed by atoms with E-state index in [4.69, 9.17) is 0 Å². The fourth-order valence-corrected chi connectivity index (χ4v) is 2.57. The van der Waals surface area contributed by atoms with Gasteiger partial charge >= 0.3 is 0 Å². The first-order chi connectivity index (χ1) is 12.1. The number of hydrogen-bond acceptors (Lipinski definition) is 4. The number of nitro groups is 1. The number of rotatable bonds is 5. The number of nitrogens with zero attached hydrogens (tertiary/aromatic N) is 2. The molecule has 2 rings (SSSR count). The van der Waals surface area contributed by atoms with Gasteiger partial charge in [0.05, 0.1) is 4.92 Å². The predicted molar refractivity (Wildman–Crippen MR) is 106 cm³/mol. The van der Waals surface area contributed by atoms with E-state index in [2.05, 4.69) is 20.8 Å². The van der Waals surface area contributed by atoms with Crippen LogP contribution in [-0.2, 0) is 5.41 Å². The molecule has 0 bridgehead atoms. The summed E-state index contributed by atoms with van der Waals surface area (Å²) in [6.07, 6.45) is 3.05. The van der Waals surface area contributed by atoms with E-state index >= 15 is 0 Å². The van der Waals surface area contributed by atoms with Gasteiger partial charge < -0.3 is 4.90 Å². The zero-order chi connectivity index (χ0) is 19.5. The highest BCUT2D eigenvalue weighted by Gasteiger charge is 2.16. The Morgan fingerprint density at radius 2 is 1.69 bits per heavy atom. The SMILES string of the molecule is CN(C)c1ccc(/C=C/C(=O)c2ccc(C(C)(C)C)cc2)cc1[N+](=O)[O-]. The molecule has 0 aliphatic carbocycles. The van der Waals surface area contributed by atoms with Crippen molar-refractivity contribution in [1.29, 1.82) is 0 Å². The number of hydrogen-bond donors (Lipinski definition) is 0. The maximum atomic E-state index is 12.3. The largest absolute Gasteiger partial charge is 0.372 e. The van der Waals surface area contributed by atoms with Crippen molar-refractivity contribution in [2.75, 3.05) is 19.0 Å². The molecule has 2 aromatic rings. The summed E-state index contributed by atoms with van der Waals surface area (Å²) in [4.78, 5) is 24.9. The van der Waals surface area contributed by atoms with Gasteiger partial charge in [-0.15, -0.1) is 0 Å².